The van der Waals surface area contributed by atoms with Crippen LogP contribution in [0.2, 0.25) is 0 Å². The number of anilines is 1. The van der Waals surface area contributed by atoms with E-state index in [4.69, 9.17) is 9.26 Å². The lowest BCUT2D eigenvalue weighted by Crippen LogP contribution is -2.46. The van der Waals surface area contributed by atoms with Crippen molar-refractivity contribution < 1.29 is 27.2 Å². The predicted octanol–water partition coefficient (Wildman–Crippen LogP) is 4.00. The molecule has 3 aromatic rings. The molecule has 0 radical (unpaired) electrons. The van der Waals surface area contributed by atoms with Gasteiger partial charge in [-0.1, -0.05) is 29.4 Å². The van der Waals surface area contributed by atoms with Crippen LogP contribution in [0.15, 0.2) is 53.1 Å². The van der Waals surface area contributed by atoms with Gasteiger partial charge in [0, 0.05) is 5.56 Å². The molecular formula is C18H12F3N3O3. The van der Waals surface area contributed by atoms with E-state index in [2.05, 4.69) is 15.5 Å². The number of hydrogen-bond donors (Lipinski definition) is 1. The molecule has 1 aliphatic rings. The smallest absolute Gasteiger partial charge is 0.416 e. The molecule has 2 aromatic carbocycles. The van der Waals surface area contributed by atoms with Crippen LogP contribution in [0, 0.1) is 0 Å². The number of hydrogen-bond acceptors (Lipinski definition) is 5. The topological polar surface area (TPSA) is 77.2 Å². The fourth-order valence-corrected chi connectivity index (χ4v) is 2.65. The van der Waals surface area contributed by atoms with Gasteiger partial charge in [0.1, 0.15) is 5.75 Å². The van der Waals surface area contributed by atoms with Crippen LogP contribution in [0.25, 0.3) is 11.4 Å². The summed E-state index contributed by atoms with van der Waals surface area (Å²) in [4.78, 5) is 16.6. The molecule has 0 unspecified atom stereocenters. The fourth-order valence-electron chi connectivity index (χ4n) is 2.65. The minimum absolute atomic E-state index is 0.0511. The van der Waals surface area contributed by atoms with Crippen molar-refractivity contribution in [1.82, 2.24) is 10.1 Å². The zero-order valence-electron chi connectivity index (χ0n) is 13.9. The second-order valence-corrected chi connectivity index (χ2v) is 6.08. The predicted molar refractivity (Wildman–Crippen MR) is 87.8 cm³/mol. The van der Waals surface area contributed by atoms with E-state index >= 15 is 0 Å². The van der Waals surface area contributed by atoms with Crippen LogP contribution >= 0.6 is 0 Å². The number of halogens is 3. The van der Waals surface area contributed by atoms with Gasteiger partial charge in [-0.15, -0.1) is 0 Å². The van der Waals surface area contributed by atoms with Crippen molar-refractivity contribution in [1.29, 1.82) is 0 Å². The standard InChI is InChI=1S/C18H12F3N3O3/c1-17(15(25)22-12-4-2-3-5-13(12)26-17)16-23-14(24-27-16)10-6-8-11(9-7-10)18(19,20)21/h2-9H,1H3,(H,22,25)/t17-/m0/s1. The molecule has 138 valence electrons. The van der Waals surface area contributed by atoms with Gasteiger partial charge in [0.05, 0.1) is 11.3 Å². The number of amides is 1. The van der Waals surface area contributed by atoms with Crippen molar-refractivity contribution in [3.63, 3.8) is 0 Å². The molecule has 9 heteroatoms. The third-order valence-corrected chi connectivity index (χ3v) is 4.19. The Morgan fingerprint density at radius 2 is 1.78 bits per heavy atom. The van der Waals surface area contributed by atoms with Crippen LogP contribution < -0.4 is 10.1 Å². The summed E-state index contributed by atoms with van der Waals surface area (Å²) in [6, 6.07) is 11.2. The Balaban J connectivity index is 1.65. The molecule has 1 aromatic heterocycles. The van der Waals surface area contributed by atoms with E-state index in [0.717, 1.165) is 12.1 Å². The summed E-state index contributed by atoms with van der Waals surface area (Å²) in [6.07, 6.45) is -4.43. The first-order valence-electron chi connectivity index (χ1n) is 7.89. The highest BCUT2D eigenvalue weighted by Crippen LogP contribution is 2.38. The van der Waals surface area contributed by atoms with E-state index in [9.17, 15) is 18.0 Å². The van der Waals surface area contributed by atoms with E-state index in [1.165, 1.54) is 19.1 Å². The molecule has 0 saturated heterocycles. The van der Waals surface area contributed by atoms with Gasteiger partial charge in [0.15, 0.2) is 0 Å². The van der Waals surface area contributed by atoms with Gasteiger partial charge in [-0.05, 0) is 31.2 Å². The number of carbonyl (C=O) groups excluding carboxylic acids is 1. The number of alkyl halides is 3. The first-order chi connectivity index (χ1) is 12.8. The first kappa shape index (κ1) is 17.1. The number of nitrogens with zero attached hydrogens (tertiary/aromatic N) is 2. The van der Waals surface area contributed by atoms with Gasteiger partial charge < -0.3 is 14.6 Å². The van der Waals surface area contributed by atoms with Gasteiger partial charge in [-0.25, -0.2) is 0 Å². The van der Waals surface area contributed by atoms with E-state index in [1.54, 1.807) is 24.3 Å². The highest BCUT2D eigenvalue weighted by molar-refractivity contribution is 6.00. The average Bonchev–Trinajstić information content (AvgIpc) is 3.13. The molecular weight excluding hydrogens is 363 g/mol. The number of ether oxygens (including phenoxy) is 1. The molecule has 1 amide bonds. The molecule has 27 heavy (non-hydrogen) atoms. The Morgan fingerprint density at radius 3 is 2.48 bits per heavy atom. The zero-order valence-corrected chi connectivity index (χ0v) is 13.9. The van der Waals surface area contributed by atoms with E-state index in [1.807, 2.05) is 0 Å². The molecule has 2 heterocycles. The van der Waals surface area contributed by atoms with Crippen molar-refractivity contribution >= 4 is 11.6 Å². The number of aromatic nitrogens is 2. The van der Waals surface area contributed by atoms with Gasteiger partial charge in [-0.2, -0.15) is 18.2 Å². The second-order valence-electron chi connectivity index (χ2n) is 6.08. The van der Waals surface area contributed by atoms with Crippen LogP contribution in [0.4, 0.5) is 18.9 Å². The third kappa shape index (κ3) is 2.90. The summed E-state index contributed by atoms with van der Waals surface area (Å²) in [5.41, 5.74) is -1.51. The summed E-state index contributed by atoms with van der Waals surface area (Å²) in [6.45, 7) is 1.47. The molecule has 6 nitrogen and oxygen atoms in total. The second kappa shape index (κ2) is 5.83. The third-order valence-electron chi connectivity index (χ3n) is 4.19. The molecule has 1 atom stereocenters. The van der Waals surface area contributed by atoms with Gasteiger partial charge >= 0.3 is 6.18 Å². The van der Waals surface area contributed by atoms with E-state index < -0.39 is 23.2 Å². The van der Waals surface area contributed by atoms with Crippen LogP contribution in [-0.4, -0.2) is 16.0 Å². The molecule has 1 aliphatic heterocycles. The monoisotopic (exact) mass is 375 g/mol. The Morgan fingerprint density at radius 1 is 1.07 bits per heavy atom. The highest BCUT2D eigenvalue weighted by Gasteiger charge is 2.47. The lowest BCUT2D eigenvalue weighted by Gasteiger charge is -2.31. The van der Waals surface area contributed by atoms with Crippen LogP contribution in [0.5, 0.6) is 5.75 Å². The molecule has 1 N–H and O–H groups in total. The lowest BCUT2D eigenvalue weighted by molar-refractivity contribution is -0.137. The average molecular weight is 375 g/mol. The van der Waals surface area contributed by atoms with Crippen LogP contribution in [-0.2, 0) is 16.6 Å². The van der Waals surface area contributed by atoms with Crippen molar-refractivity contribution in [2.45, 2.75) is 18.7 Å². The van der Waals surface area contributed by atoms with E-state index in [0.29, 0.717) is 17.0 Å². The van der Waals surface area contributed by atoms with Gasteiger partial charge in [0.2, 0.25) is 5.82 Å². The maximum atomic E-state index is 12.7. The van der Waals surface area contributed by atoms with Crippen molar-refractivity contribution in [2.75, 3.05) is 5.32 Å². The summed E-state index contributed by atoms with van der Waals surface area (Å²) < 4.78 is 49.0. The fraction of sp³-hybridized carbons (Fsp3) is 0.167. The number of fused-ring (bicyclic) bond motifs is 1. The normalized spacial score (nSPS) is 19.2. The molecule has 0 aliphatic carbocycles. The molecule has 0 bridgehead atoms. The number of nitrogens with one attached hydrogen (secondary N) is 1. The van der Waals surface area contributed by atoms with Crippen molar-refractivity contribution in [2.24, 2.45) is 0 Å². The van der Waals surface area contributed by atoms with E-state index in [-0.39, 0.29) is 11.7 Å². The zero-order chi connectivity index (χ0) is 19.2. The SMILES string of the molecule is C[C@]1(c2nc(-c3ccc(C(F)(F)F)cc3)no2)Oc2ccccc2NC1=O. The Labute approximate surface area is 151 Å². The number of rotatable bonds is 2. The summed E-state index contributed by atoms with van der Waals surface area (Å²) in [5.74, 6) is -0.114. The quantitative estimate of drug-likeness (QED) is 0.733. The number of benzene rings is 2. The highest BCUT2D eigenvalue weighted by atomic mass is 19.4. The maximum Gasteiger partial charge on any atom is 0.416 e. The lowest BCUT2D eigenvalue weighted by atomic mass is 10.0. The van der Waals surface area contributed by atoms with Crippen molar-refractivity contribution in [3.05, 3.63) is 60.0 Å². The maximum absolute atomic E-state index is 12.7. The molecule has 0 fully saturated rings. The summed E-state index contributed by atoms with van der Waals surface area (Å²) >= 11 is 0. The summed E-state index contributed by atoms with van der Waals surface area (Å²) in [7, 11) is 0. The minimum atomic E-state index is -4.43. The Kier molecular flexibility index (Phi) is 3.69. The van der Waals surface area contributed by atoms with Gasteiger partial charge in [-0.3, -0.25) is 4.79 Å². The molecule has 0 spiro atoms. The largest absolute Gasteiger partial charge is 0.466 e. The number of carbonyl (C=O) groups is 1. The number of para-hydroxylation sites is 2. The molecule has 4 rings (SSSR count). The minimum Gasteiger partial charge on any atom is -0.466 e. The van der Waals surface area contributed by atoms with Crippen LogP contribution in [0.1, 0.15) is 18.4 Å². The first-order valence-corrected chi connectivity index (χ1v) is 7.89. The van der Waals surface area contributed by atoms with Gasteiger partial charge in [0.25, 0.3) is 17.4 Å². The van der Waals surface area contributed by atoms with Crippen LogP contribution in [0.3, 0.4) is 0 Å². The van der Waals surface area contributed by atoms with Crippen molar-refractivity contribution in [3.8, 4) is 17.1 Å². The summed E-state index contributed by atoms with van der Waals surface area (Å²) in [5, 5.41) is 6.47. The Hall–Kier alpha value is -3.36. The molecule has 0 saturated carbocycles. The Bertz CT molecular complexity index is 1010.